The molecule has 0 bridgehead atoms. The largest absolute Gasteiger partial charge is 0.497 e. The van der Waals surface area contributed by atoms with Gasteiger partial charge in [-0.3, -0.25) is 0 Å². The van der Waals surface area contributed by atoms with Gasteiger partial charge >= 0.3 is 0 Å². The van der Waals surface area contributed by atoms with Gasteiger partial charge in [0.05, 0.1) is 7.11 Å². The van der Waals surface area contributed by atoms with Crippen molar-refractivity contribution in [2.75, 3.05) is 32.1 Å². The van der Waals surface area contributed by atoms with E-state index >= 15 is 0 Å². The zero-order valence-corrected chi connectivity index (χ0v) is 10.5. The van der Waals surface area contributed by atoms with Crippen LogP contribution in [0.25, 0.3) is 0 Å². The van der Waals surface area contributed by atoms with Gasteiger partial charge in [0.25, 0.3) is 0 Å². The van der Waals surface area contributed by atoms with Crippen LogP contribution >= 0.6 is 0 Å². The molecule has 0 saturated carbocycles. The van der Waals surface area contributed by atoms with Crippen LogP contribution < -0.4 is 15.4 Å². The summed E-state index contributed by atoms with van der Waals surface area (Å²) in [4.78, 5) is 0. The van der Waals surface area contributed by atoms with Crippen LogP contribution in [0.5, 0.6) is 5.75 Å². The molecule has 0 amide bonds. The topological polar surface area (TPSA) is 33.3 Å². The maximum atomic E-state index is 5.13. The summed E-state index contributed by atoms with van der Waals surface area (Å²) >= 11 is 0. The summed E-state index contributed by atoms with van der Waals surface area (Å²) in [5.74, 6) is 1.75. The number of hydrogen-bond donors (Lipinski definition) is 2. The normalized spacial score (nSPS) is 19.9. The Balaban J connectivity index is 1.69. The molecule has 94 valence electrons. The molecule has 0 aromatic heterocycles. The third-order valence-electron chi connectivity index (χ3n) is 3.37. The number of nitrogens with one attached hydrogen (secondary N) is 2. The van der Waals surface area contributed by atoms with E-state index < -0.39 is 0 Å². The number of hydrogen-bond acceptors (Lipinski definition) is 3. The quantitative estimate of drug-likeness (QED) is 0.821. The number of ether oxygens (including phenoxy) is 1. The predicted octanol–water partition coefficient (Wildman–Crippen LogP) is 2.50. The molecular formula is C14H22N2O. The lowest BCUT2D eigenvalue weighted by molar-refractivity contribution is 0.364. The highest BCUT2D eigenvalue weighted by molar-refractivity contribution is 5.46. The summed E-state index contributed by atoms with van der Waals surface area (Å²) in [5.41, 5.74) is 1.18. The summed E-state index contributed by atoms with van der Waals surface area (Å²) in [5, 5.41) is 6.91. The lowest BCUT2D eigenvalue weighted by atomic mass is 9.96. The van der Waals surface area contributed by atoms with Gasteiger partial charge in [0.15, 0.2) is 0 Å². The fourth-order valence-electron chi connectivity index (χ4n) is 2.30. The van der Waals surface area contributed by atoms with Crippen LogP contribution in [0.3, 0.4) is 0 Å². The molecule has 1 saturated heterocycles. The number of methoxy groups -OCH3 is 1. The molecule has 3 heteroatoms. The summed E-state index contributed by atoms with van der Waals surface area (Å²) in [6.07, 6.45) is 3.95. The van der Waals surface area contributed by atoms with E-state index in [4.69, 9.17) is 4.74 Å². The second-order valence-electron chi connectivity index (χ2n) is 4.66. The van der Waals surface area contributed by atoms with Gasteiger partial charge in [-0.05, 0) is 62.5 Å². The fourth-order valence-corrected chi connectivity index (χ4v) is 2.30. The van der Waals surface area contributed by atoms with E-state index in [0.29, 0.717) is 0 Å². The van der Waals surface area contributed by atoms with Crippen LogP contribution in [0, 0.1) is 5.92 Å². The van der Waals surface area contributed by atoms with Gasteiger partial charge in [0.2, 0.25) is 0 Å². The third-order valence-corrected chi connectivity index (χ3v) is 3.37. The molecule has 1 aromatic carbocycles. The molecule has 1 heterocycles. The fraction of sp³-hybridized carbons (Fsp3) is 0.571. The van der Waals surface area contributed by atoms with Crippen molar-refractivity contribution < 1.29 is 4.74 Å². The monoisotopic (exact) mass is 234 g/mol. The first-order chi connectivity index (χ1) is 8.38. The van der Waals surface area contributed by atoms with E-state index in [1.165, 1.54) is 38.0 Å². The second-order valence-corrected chi connectivity index (χ2v) is 4.66. The zero-order valence-electron chi connectivity index (χ0n) is 10.5. The number of rotatable bonds is 5. The molecule has 1 aliphatic rings. The van der Waals surface area contributed by atoms with Crippen LogP contribution in [0.4, 0.5) is 5.69 Å². The van der Waals surface area contributed by atoms with Crippen LogP contribution in [0.2, 0.25) is 0 Å². The highest BCUT2D eigenvalue weighted by Gasteiger charge is 2.11. The van der Waals surface area contributed by atoms with Gasteiger partial charge in [-0.1, -0.05) is 0 Å². The maximum absolute atomic E-state index is 5.13. The molecule has 3 nitrogen and oxygen atoms in total. The van der Waals surface area contributed by atoms with E-state index in [9.17, 15) is 0 Å². The third kappa shape index (κ3) is 3.93. The van der Waals surface area contributed by atoms with Crippen molar-refractivity contribution in [2.45, 2.75) is 19.3 Å². The SMILES string of the molecule is COc1ccc(NCCC2CCCNC2)cc1. The van der Waals surface area contributed by atoms with Crippen LogP contribution in [-0.2, 0) is 0 Å². The lowest BCUT2D eigenvalue weighted by Crippen LogP contribution is -2.30. The van der Waals surface area contributed by atoms with Gasteiger partial charge in [0, 0.05) is 12.2 Å². The molecular weight excluding hydrogens is 212 g/mol. The average Bonchev–Trinajstić information content (AvgIpc) is 2.41. The second kappa shape index (κ2) is 6.50. The van der Waals surface area contributed by atoms with Crippen molar-refractivity contribution in [3.63, 3.8) is 0 Å². The minimum absolute atomic E-state index is 0.842. The Morgan fingerprint density at radius 3 is 2.82 bits per heavy atom. The Bertz CT molecular complexity index is 317. The molecule has 1 fully saturated rings. The minimum Gasteiger partial charge on any atom is -0.497 e. The Hall–Kier alpha value is -1.22. The van der Waals surface area contributed by atoms with Crippen LogP contribution in [-0.4, -0.2) is 26.7 Å². The minimum atomic E-state index is 0.842. The summed E-state index contributed by atoms with van der Waals surface area (Å²) in [6.45, 7) is 3.44. The van der Waals surface area contributed by atoms with E-state index in [-0.39, 0.29) is 0 Å². The number of anilines is 1. The first-order valence-corrected chi connectivity index (χ1v) is 6.47. The van der Waals surface area contributed by atoms with E-state index in [2.05, 4.69) is 22.8 Å². The Morgan fingerprint density at radius 1 is 1.35 bits per heavy atom. The van der Waals surface area contributed by atoms with Crippen molar-refractivity contribution >= 4 is 5.69 Å². The number of piperidine rings is 1. The van der Waals surface area contributed by atoms with E-state index in [1.807, 2.05) is 12.1 Å². The smallest absolute Gasteiger partial charge is 0.119 e. The van der Waals surface area contributed by atoms with Gasteiger partial charge in [-0.15, -0.1) is 0 Å². The van der Waals surface area contributed by atoms with Crippen molar-refractivity contribution in [2.24, 2.45) is 5.92 Å². The molecule has 1 unspecified atom stereocenters. The average molecular weight is 234 g/mol. The van der Waals surface area contributed by atoms with E-state index in [0.717, 1.165) is 18.2 Å². The zero-order chi connectivity index (χ0) is 11.9. The Labute approximate surface area is 104 Å². The van der Waals surface area contributed by atoms with Gasteiger partial charge in [-0.2, -0.15) is 0 Å². The van der Waals surface area contributed by atoms with Crippen LogP contribution in [0.1, 0.15) is 19.3 Å². The summed E-state index contributed by atoms with van der Waals surface area (Å²) in [7, 11) is 1.69. The van der Waals surface area contributed by atoms with E-state index in [1.54, 1.807) is 7.11 Å². The molecule has 0 radical (unpaired) electrons. The highest BCUT2D eigenvalue weighted by Crippen LogP contribution is 2.17. The predicted molar refractivity (Wildman–Crippen MR) is 71.7 cm³/mol. The molecule has 1 aliphatic heterocycles. The molecule has 0 spiro atoms. The van der Waals surface area contributed by atoms with Crippen LogP contribution in [0.15, 0.2) is 24.3 Å². The molecule has 2 rings (SSSR count). The first kappa shape index (κ1) is 12.2. The Kier molecular flexibility index (Phi) is 4.68. The van der Waals surface area contributed by atoms with Crippen molar-refractivity contribution in [3.8, 4) is 5.75 Å². The highest BCUT2D eigenvalue weighted by atomic mass is 16.5. The van der Waals surface area contributed by atoms with Crippen molar-refractivity contribution in [1.82, 2.24) is 5.32 Å². The number of benzene rings is 1. The van der Waals surface area contributed by atoms with Gasteiger partial charge in [-0.25, -0.2) is 0 Å². The molecule has 0 aliphatic carbocycles. The molecule has 17 heavy (non-hydrogen) atoms. The molecule has 1 aromatic rings. The standard InChI is InChI=1S/C14H22N2O/c1-17-14-6-4-13(5-7-14)16-10-8-12-3-2-9-15-11-12/h4-7,12,15-16H,2-3,8-11H2,1H3. The lowest BCUT2D eigenvalue weighted by Gasteiger charge is -2.22. The summed E-state index contributed by atoms with van der Waals surface area (Å²) in [6, 6.07) is 8.12. The molecule has 1 atom stereocenters. The van der Waals surface area contributed by atoms with Crippen molar-refractivity contribution in [1.29, 1.82) is 0 Å². The molecule has 2 N–H and O–H groups in total. The van der Waals surface area contributed by atoms with Crippen molar-refractivity contribution in [3.05, 3.63) is 24.3 Å². The Morgan fingerprint density at radius 2 is 2.18 bits per heavy atom. The van der Waals surface area contributed by atoms with Gasteiger partial charge in [0.1, 0.15) is 5.75 Å². The maximum Gasteiger partial charge on any atom is 0.119 e. The summed E-state index contributed by atoms with van der Waals surface area (Å²) < 4.78 is 5.13. The first-order valence-electron chi connectivity index (χ1n) is 6.47. The van der Waals surface area contributed by atoms with Gasteiger partial charge < -0.3 is 15.4 Å².